The van der Waals surface area contributed by atoms with Crippen LogP contribution in [0.3, 0.4) is 0 Å². The zero-order valence-corrected chi connectivity index (χ0v) is 13.6. The van der Waals surface area contributed by atoms with Gasteiger partial charge in [-0.25, -0.2) is 0 Å². The fourth-order valence-electron chi connectivity index (χ4n) is 2.32. The lowest BCUT2D eigenvalue weighted by molar-refractivity contribution is 0.102. The Labute approximate surface area is 128 Å². The first kappa shape index (κ1) is 15.4. The monoisotopic (exact) mass is 343 g/mol. The Morgan fingerprint density at radius 2 is 2.37 bits per heavy atom. The molecule has 19 heavy (non-hydrogen) atoms. The van der Waals surface area contributed by atoms with Crippen molar-refractivity contribution in [2.75, 3.05) is 12.4 Å². The SMILES string of the molecule is NC(CCCC1CCCO1)CSc1cccc(Br)c1. The van der Waals surface area contributed by atoms with E-state index in [1.807, 2.05) is 17.8 Å². The van der Waals surface area contributed by atoms with Crippen LogP contribution in [0, 0.1) is 0 Å². The summed E-state index contributed by atoms with van der Waals surface area (Å²) in [5, 5.41) is 0. The van der Waals surface area contributed by atoms with Gasteiger partial charge in [0.15, 0.2) is 0 Å². The second-order valence-electron chi connectivity index (χ2n) is 5.09. The van der Waals surface area contributed by atoms with Crippen molar-refractivity contribution >= 4 is 27.7 Å². The maximum absolute atomic E-state index is 6.17. The average molecular weight is 344 g/mol. The number of nitrogens with two attached hydrogens (primary N) is 1. The van der Waals surface area contributed by atoms with E-state index in [0.717, 1.165) is 23.3 Å². The second kappa shape index (κ2) is 8.30. The van der Waals surface area contributed by atoms with Crippen LogP contribution in [0.1, 0.15) is 32.1 Å². The summed E-state index contributed by atoms with van der Waals surface area (Å²) < 4.78 is 6.76. The first-order chi connectivity index (χ1) is 9.24. The molecule has 1 fully saturated rings. The summed E-state index contributed by atoms with van der Waals surface area (Å²) in [6.45, 7) is 0.954. The minimum atomic E-state index is 0.283. The van der Waals surface area contributed by atoms with Crippen LogP contribution in [0.4, 0.5) is 0 Å². The van der Waals surface area contributed by atoms with E-state index in [9.17, 15) is 0 Å². The predicted octanol–water partition coefficient (Wildman–Crippen LogP) is 4.22. The number of hydrogen-bond acceptors (Lipinski definition) is 3. The van der Waals surface area contributed by atoms with Crippen molar-refractivity contribution in [3.05, 3.63) is 28.7 Å². The van der Waals surface area contributed by atoms with E-state index in [1.165, 1.54) is 30.6 Å². The summed E-state index contributed by atoms with van der Waals surface area (Å²) in [5.74, 6) is 0.988. The van der Waals surface area contributed by atoms with Gasteiger partial charge in [0, 0.05) is 27.8 Å². The third kappa shape index (κ3) is 5.86. The largest absolute Gasteiger partial charge is 0.378 e. The van der Waals surface area contributed by atoms with Gasteiger partial charge >= 0.3 is 0 Å². The molecule has 0 aliphatic carbocycles. The number of halogens is 1. The van der Waals surface area contributed by atoms with Crippen LogP contribution < -0.4 is 5.73 Å². The molecule has 0 spiro atoms. The molecule has 106 valence electrons. The molecule has 0 radical (unpaired) electrons. The fraction of sp³-hybridized carbons (Fsp3) is 0.600. The van der Waals surface area contributed by atoms with Crippen LogP contribution in [0.25, 0.3) is 0 Å². The zero-order chi connectivity index (χ0) is 13.5. The van der Waals surface area contributed by atoms with E-state index in [-0.39, 0.29) is 6.04 Å². The molecule has 1 aromatic rings. The van der Waals surface area contributed by atoms with Gasteiger partial charge in [0.05, 0.1) is 6.10 Å². The molecule has 2 rings (SSSR count). The van der Waals surface area contributed by atoms with Crippen molar-refractivity contribution in [3.8, 4) is 0 Å². The predicted molar refractivity (Wildman–Crippen MR) is 85.7 cm³/mol. The van der Waals surface area contributed by atoms with Crippen LogP contribution in [-0.2, 0) is 4.74 Å². The summed E-state index contributed by atoms with van der Waals surface area (Å²) in [4.78, 5) is 1.28. The van der Waals surface area contributed by atoms with E-state index in [4.69, 9.17) is 10.5 Å². The Hall–Kier alpha value is -0.0300. The summed E-state index contributed by atoms with van der Waals surface area (Å²) in [7, 11) is 0. The normalized spacial score (nSPS) is 20.6. The highest BCUT2D eigenvalue weighted by atomic mass is 79.9. The second-order valence-corrected chi connectivity index (χ2v) is 7.10. The highest BCUT2D eigenvalue weighted by molar-refractivity contribution is 9.10. The van der Waals surface area contributed by atoms with Crippen LogP contribution in [0.5, 0.6) is 0 Å². The number of rotatable bonds is 7. The quantitative estimate of drug-likeness (QED) is 0.753. The highest BCUT2D eigenvalue weighted by Crippen LogP contribution is 2.23. The van der Waals surface area contributed by atoms with E-state index < -0.39 is 0 Å². The van der Waals surface area contributed by atoms with Gasteiger partial charge in [-0.3, -0.25) is 0 Å². The number of benzene rings is 1. The first-order valence-electron chi connectivity index (χ1n) is 6.99. The van der Waals surface area contributed by atoms with E-state index in [1.54, 1.807) is 0 Å². The van der Waals surface area contributed by atoms with Gasteiger partial charge in [-0.1, -0.05) is 22.0 Å². The van der Waals surface area contributed by atoms with Crippen LogP contribution in [0.15, 0.2) is 33.6 Å². The molecule has 0 amide bonds. The van der Waals surface area contributed by atoms with Crippen LogP contribution in [0.2, 0.25) is 0 Å². The first-order valence-corrected chi connectivity index (χ1v) is 8.77. The lowest BCUT2D eigenvalue weighted by Crippen LogP contribution is -2.23. The number of thioether (sulfide) groups is 1. The third-order valence-electron chi connectivity index (χ3n) is 3.39. The number of hydrogen-bond donors (Lipinski definition) is 1. The lowest BCUT2D eigenvalue weighted by atomic mass is 10.1. The molecule has 0 bridgehead atoms. The molecule has 1 aliphatic rings. The van der Waals surface area contributed by atoms with Crippen molar-refractivity contribution in [2.45, 2.75) is 49.1 Å². The van der Waals surface area contributed by atoms with Gasteiger partial charge < -0.3 is 10.5 Å². The summed E-state index contributed by atoms with van der Waals surface area (Å²) >= 11 is 5.33. The molecular formula is C15H22BrNOS. The van der Waals surface area contributed by atoms with Gasteiger partial charge in [0.25, 0.3) is 0 Å². The smallest absolute Gasteiger partial charge is 0.0576 e. The van der Waals surface area contributed by atoms with Gasteiger partial charge in [-0.05, 0) is 50.3 Å². The molecule has 0 saturated carbocycles. The van der Waals surface area contributed by atoms with Crippen molar-refractivity contribution in [3.63, 3.8) is 0 Å². The van der Waals surface area contributed by atoms with E-state index in [2.05, 4.69) is 34.1 Å². The molecule has 4 heteroatoms. The minimum Gasteiger partial charge on any atom is -0.378 e. The topological polar surface area (TPSA) is 35.2 Å². The van der Waals surface area contributed by atoms with Gasteiger partial charge in [0.1, 0.15) is 0 Å². The van der Waals surface area contributed by atoms with Crippen molar-refractivity contribution in [1.29, 1.82) is 0 Å². The van der Waals surface area contributed by atoms with Crippen molar-refractivity contribution < 1.29 is 4.74 Å². The molecule has 2 nitrogen and oxygen atoms in total. The summed E-state index contributed by atoms with van der Waals surface area (Å²) in [6.07, 6.45) is 6.43. The summed E-state index contributed by atoms with van der Waals surface area (Å²) in [5.41, 5.74) is 6.17. The maximum atomic E-state index is 6.17. The van der Waals surface area contributed by atoms with Crippen LogP contribution >= 0.6 is 27.7 Å². The van der Waals surface area contributed by atoms with Gasteiger partial charge in [-0.2, -0.15) is 0 Å². The zero-order valence-electron chi connectivity index (χ0n) is 11.2. The molecule has 2 N–H and O–H groups in total. The van der Waals surface area contributed by atoms with Crippen LogP contribution in [-0.4, -0.2) is 24.5 Å². The molecule has 1 heterocycles. The standard InChI is InChI=1S/C15H22BrNOS/c16-12-4-1-8-15(10-12)19-11-13(17)5-2-6-14-7-3-9-18-14/h1,4,8,10,13-14H,2-3,5-7,9,11,17H2. The highest BCUT2D eigenvalue weighted by Gasteiger charge is 2.15. The summed E-state index contributed by atoms with van der Waals surface area (Å²) in [6, 6.07) is 8.67. The van der Waals surface area contributed by atoms with E-state index >= 15 is 0 Å². The lowest BCUT2D eigenvalue weighted by Gasteiger charge is -2.13. The van der Waals surface area contributed by atoms with E-state index in [0.29, 0.717) is 6.10 Å². The Morgan fingerprint density at radius 1 is 1.47 bits per heavy atom. The molecular weight excluding hydrogens is 322 g/mol. The third-order valence-corrected chi connectivity index (χ3v) is 5.06. The van der Waals surface area contributed by atoms with Gasteiger partial charge in [-0.15, -0.1) is 11.8 Å². The number of ether oxygens (including phenoxy) is 1. The van der Waals surface area contributed by atoms with Gasteiger partial charge in [0.2, 0.25) is 0 Å². The molecule has 0 aromatic heterocycles. The minimum absolute atomic E-state index is 0.283. The molecule has 1 aliphatic heterocycles. The molecule has 2 atom stereocenters. The molecule has 2 unspecified atom stereocenters. The Bertz CT molecular complexity index is 382. The Morgan fingerprint density at radius 3 is 3.11 bits per heavy atom. The average Bonchev–Trinajstić information content (AvgIpc) is 2.90. The maximum Gasteiger partial charge on any atom is 0.0576 e. The molecule has 1 aromatic carbocycles. The van der Waals surface area contributed by atoms with Crippen molar-refractivity contribution in [1.82, 2.24) is 0 Å². The fourth-order valence-corrected chi connectivity index (χ4v) is 3.83. The Balaban J connectivity index is 1.60. The Kier molecular flexibility index (Phi) is 6.71. The molecule has 1 saturated heterocycles. The van der Waals surface area contributed by atoms with Crippen molar-refractivity contribution in [2.24, 2.45) is 5.73 Å².